The minimum Gasteiger partial charge on any atom is -0.318 e. The first-order chi connectivity index (χ1) is 5.97. The van der Waals surface area contributed by atoms with Gasteiger partial charge in [-0.15, -0.1) is 0 Å². The van der Waals surface area contributed by atoms with E-state index in [4.69, 9.17) is 0 Å². The molecule has 1 rings (SSSR count). The Morgan fingerprint density at radius 1 is 1.54 bits per heavy atom. The molecule has 0 radical (unpaired) electrons. The predicted octanol–water partition coefficient (Wildman–Crippen LogP) is -0.0779. The molecule has 0 amide bonds. The molecule has 2 N–H and O–H groups in total. The van der Waals surface area contributed by atoms with Gasteiger partial charge in [-0.25, -0.2) is 13.1 Å². The van der Waals surface area contributed by atoms with E-state index >= 15 is 0 Å². The van der Waals surface area contributed by atoms with E-state index in [0.29, 0.717) is 12.5 Å². The van der Waals surface area contributed by atoms with Gasteiger partial charge in [-0.05, 0) is 26.3 Å². The topological polar surface area (TPSA) is 58.2 Å². The van der Waals surface area contributed by atoms with E-state index in [1.165, 1.54) is 0 Å². The molecule has 0 aromatic carbocycles. The van der Waals surface area contributed by atoms with Crippen molar-refractivity contribution in [2.45, 2.75) is 31.6 Å². The average Bonchev–Trinajstić information content (AvgIpc) is 2.65. The third-order valence-corrected chi connectivity index (χ3v) is 4.30. The van der Waals surface area contributed by atoms with Gasteiger partial charge in [0.15, 0.2) is 0 Å². The summed E-state index contributed by atoms with van der Waals surface area (Å²) in [6, 6.07) is 0.185. The average molecular weight is 206 g/mol. The first-order valence-electron chi connectivity index (χ1n) is 4.63. The van der Waals surface area contributed by atoms with Gasteiger partial charge < -0.3 is 5.32 Å². The lowest BCUT2D eigenvalue weighted by molar-refractivity contribution is 0.560. The molecule has 0 aliphatic heterocycles. The molecule has 0 heterocycles. The molecule has 3 atom stereocenters. The summed E-state index contributed by atoms with van der Waals surface area (Å²) < 4.78 is 25.8. The molecule has 5 heteroatoms. The smallest absolute Gasteiger partial charge is 0.215 e. The van der Waals surface area contributed by atoms with Crippen LogP contribution >= 0.6 is 0 Å². The Labute approximate surface area is 80.1 Å². The van der Waals surface area contributed by atoms with Crippen molar-refractivity contribution in [3.63, 3.8) is 0 Å². The van der Waals surface area contributed by atoms with Crippen molar-refractivity contribution in [1.29, 1.82) is 0 Å². The second kappa shape index (κ2) is 3.94. The lowest BCUT2D eigenvalue weighted by Gasteiger charge is -2.12. The van der Waals surface area contributed by atoms with Crippen molar-refractivity contribution >= 4 is 10.0 Å². The van der Waals surface area contributed by atoms with E-state index in [9.17, 15) is 8.42 Å². The van der Waals surface area contributed by atoms with Crippen LogP contribution in [0.1, 0.15) is 20.3 Å². The van der Waals surface area contributed by atoms with Crippen molar-refractivity contribution < 1.29 is 8.42 Å². The standard InChI is InChI=1S/C8H18N2O2S/c1-6-4-8(6)10-13(11,12)7(2)5-9-3/h6-10H,4-5H2,1-3H3. The fraction of sp³-hybridized carbons (Fsp3) is 1.00. The largest absolute Gasteiger partial charge is 0.318 e. The highest BCUT2D eigenvalue weighted by Crippen LogP contribution is 2.29. The van der Waals surface area contributed by atoms with Crippen LogP contribution < -0.4 is 10.0 Å². The highest BCUT2D eigenvalue weighted by Gasteiger charge is 2.37. The van der Waals surface area contributed by atoms with Gasteiger partial charge in [0.1, 0.15) is 0 Å². The maximum absolute atomic E-state index is 11.6. The maximum atomic E-state index is 11.6. The van der Waals surface area contributed by atoms with E-state index in [0.717, 1.165) is 6.42 Å². The Kier molecular flexibility index (Phi) is 3.32. The number of nitrogens with one attached hydrogen (secondary N) is 2. The van der Waals surface area contributed by atoms with Crippen molar-refractivity contribution in [2.75, 3.05) is 13.6 Å². The molecule has 1 aliphatic rings. The molecular weight excluding hydrogens is 188 g/mol. The molecule has 1 fully saturated rings. The number of sulfonamides is 1. The Morgan fingerprint density at radius 3 is 2.46 bits per heavy atom. The molecule has 3 unspecified atom stereocenters. The minimum atomic E-state index is -3.10. The molecular formula is C8H18N2O2S. The lowest BCUT2D eigenvalue weighted by Crippen LogP contribution is -2.39. The van der Waals surface area contributed by atoms with Crippen molar-refractivity contribution in [2.24, 2.45) is 5.92 Å². The van der Waals surface area contributed by atoms with Gasteiger partial charge in [0.2, 0.25) is 10.0 Å². The zero-order valence-corrected chi connectivity index (χ0v) is 9.19. The van der Waals surface area contributed by atoms with Gasteiger partial charge in [0, 0.05) is 12.6 Å². The van der Waals surface area contributed by atoms with E-state index in [1.54, 1.807) is 14.0 Å². The van der Waals surface area contributed by atoms with Crippen molar-refractivity contribution in [1.82, 2.24) is 10.0 Å². The number of hydrogen-bond acceptors (Lipinski definition) is 3. The fourth-order valence-electron chi connectivity index (χ4n) is 1.21. The molecule has 13 heavy (non-hydrogen) atoms. The van der Waals surface area contributed by atoms with E-state index in [2.05, 4.69) is 17.0 Å². The van der Waals surface area contributed by atoms with Crippen molar-refractivity contribution in [3.8, 4) is 0 Å². The molecule has 1 aliphatic carbocycles. The van der Waals surface area contributed by atoms with Crippen LogP contribution in [0.4, 0.5) is 0 Å². The summed E-state index contributed by atoms with van der Waals surface area (Å²) in [5.74, 6) is 0.511. The van der Waals surface area contributed by atoms with Gasteiger partial charge in [-0.1, -0.05) is 6.92 Å². The summed E-state index contributed by atoms with van der Waals surface area (Å²) >= 11 is 0. The Hall–Kier alpha value is -0.130. The molecule has 0 aromatic rings. The van der Waals surface area contributed by atoms with Crippen LogP contribution in [0, 0.1) is 5.92 Å². The Bertz CT molecular complexity index is 263. The minimum absolute atomic E-state index is 0.185. The van der Waals surface area contributed by atoms with Crippen LogP contribution in [0.2, 0.25) is 0 Å². The predicted molar refractivity (Wildman–Crippen MR) is 53.0 cm³/mol. The second-order valence-electron chi connectivity index (χ2n) is 3.85. The normalized spacial score (nSPS) is 30.1. The number of hydrogen-bond donors (Lipinski definition) is 2. The third-order valence-electron chi connectivity index (χ3n) is 2.45. The van der Waals surface area contributed by atoms with Gasteiger partial charge in [-0.2, -0.15) is 0 Å². The Balaban J connectivity index is 2.45. The fourth-order valence-corrected chi connectivity index (χ4v) is 2.58. The summed E-state index contributed by atoms with van der Waals surface area (Å²) in [5, 5.41) is 2.50. The number of rotatable bonds is 5. The zero-order chi connectivity index (χ0) is 10.1. The van der Waals surface area contributed by atoms with E-state index in [1.807, 2.05) is 0 Å². The molecule has 0 saturated heterocycles. The van der Waals surface area contributed by atoms with Gasteiger partial charge in [0.05, 0.1) is 5.25 Å². The van der Waals surface area contributed by atoms with Crippen LogP contribution in [0.5, 0.6) is 0 Å². The van der Waals surface area contributed by atoms with Crippen molar-refractivity contribution in [3.05, 3.63) is 0 Å². The highest BCUT2D eigenvalue weighted by atomic mass is 32.2. The molecule has 0 bridgehead atoms. The Morgan fingerprint density at radius 2 is 2.08 bits per heavy atom. The summed E-state index contributed by atoms with van der Waals surface area (Å²) in [4.78, 5) is 0. The SMILES string of the molecule is CNCC(C)S(=O)(=O)NC1CC1C. The van der Waals surface area contributed by atoms with Gasteiger partial charge in [0.25, 0.3) is 0 Å². The maximum Gasteiger partial charge on any atom is 0.215 e. The van der Waals surface area contributed by atoms with Crippen LogP contribution in [-0.4, -0.2) is 33.3 Å². The molecule has 0 aromatic heterocycles. The molecule has 1 saturated carbocycles. The van der Waals surface area contributed by atoms with Crippen LogP contribution in [-0.2, 0) is 10.0 Å². The van der Waals surface area contributed by atoms with Gasteiger partial charge in [-0.3, -0.25) is 0 Å². The summed E-state index contributed by atoms with van der Waals surface area (Å²) in [6.45, 7) is 4.26. The molecule has 4 nitrogen and oxygen atoms in total. The summed E-state index contributed by atoms with van der Waals surface area (Å²) in [6.07, 6.45) is 0.978. The lowest BCUT2D eigenvalue weighted by atomic mass is 10.5. The highest BCUT2D eigenvalue weighted by molar-refractivity contribution is 7.90. The molecule has 78 valence electrons. The first kappa shape index (κ1) is 10.9. The molecule has 0 spiro atoms. The summed E-state index contributed by atoms with van der Waals surface area (Å²) in [5.41, 5.74) is 0. The first-order valence-corrected chi connectivity index (χ1v) is 6.17. The third kappa shape index (κ3) is 2.93. The van der Waals surface area contributed by atoms with Gasteiger partial charge >= 0.3 is 0 Å². The van der Waals surface area contributed by atoms with Crippen LogP contribution in [0.25, 0.3) is 0 Å². The van der Waals surface area contributed by atoms with Crippen LogP contribution in [0.3, 0.4) is 0 Å². The second-order valence-corrected chi connectivity index (χ2v) is 5.98. The van der Waals surface area contributed by atoms with Crippen LogP contribution in [0.15, 0.2) is 0 Å². The monoisotopic (exact) mass is 206 g/mol. The van der Waals surface area contributed by atoms with E-state index in [-0.39, 0.29) is 11.3 Å². The van der Waals surface area contributed by atoms with E-state index < -0.39 is 10.0 Å². The summed E-state index contributed by atoms with van der Waals surface area (Å²) in [7, 11) is -1.35. The quantitative estimate of drug-likeness (QED) is 0.661. The zero-order valence-electron chi connectivity index (χ0n) is 8.37.